The van der Waals surface area contributed by atoms with Gasteiger partial charge in [-0.25, -0.2) is 4.98 Å². The molecular formula is C15H18N2OS2. The molecule has 106 valence electrons. The predicted octanol–water partition coefficient (Wildman–Crippen LogP) is 3.70. The fourth-order valence-corrected chi connectivity index (χ4v) is 3.64. The van der Waals surface area contributed by atoms with Crippen molar-refractivity contribution in [1.82, 2.24) is 10.3 Å². The number of hydrogen-bond donors (Lipinski definition) is 1. The number of aromatic nitrogens is 1. The number of methoxy groups -OCH3 is 1. The number of nitrogens with one attached hydrogen (secondary N) is 1. The van der Waals surface area contributed by atoms with E-state index in [0.717, 1.165) is 28.4 Å². The van der Waals surface area contributed by atoms with Gasteiger partial charge in [0.15, 0.2) is 0 Å². The lowest BCUT2D eigenvalue weighted by molar-refractivity contribution is 0.411. The molecule has 1 aliphatic carbocycles. The van der Waals surface area contributed by atoms with Crippen molar-refractivity contribution in [2.45, 2.75) is 35.5 Å². The summed E-state index contributed by atoms with van der Waals surface area (Å²) < 4.78 is 6.56. The van der Waals surface area contributed by atoms with Crippen LogP contribution in [0.15, 0.2) is 34.1 Å². The summed E-state index contributed by atoms with van der Waals surface area (Å²) in [6.07, 6.45) is 4.49. The average molecular weight is 306 g/mol. The minimum Gasteiger partial charge on any atom is -0.496 e. The Morgan fingerprint density at radius 2 is 2.35 bits per heavy atom. The van der Waals surface area contributed by atoms with Crippen molar-refractivity contribution < 1.29 is 4.74 Å². The maximum Gasteiger partial charge on any atom is 0.150 e. The Hall–Kier alpha value is -1.04. The lowest BCUT2D eigenvalue weighted by Gasteiger charge is -2.10. The van der Waals surface area contributed by atoms with Crippen LogP contribution in [0.2, 0.25) is 0 Å². The molecule has 1 fully saturated rings. The SMILES string of the molecule is COc1ccc(CNC2CC2)cc1CSc1nccs1. The van der Waals surface area contributed by atoms with E-state index < -0.39 is 0 Å². The van der Waals surface area contributed by atoms with Gasteiger partial charge in [-0.15, -0.1) is 11.3 Å². The van der Waals surface area contributed by atoms with E-state index in [1.54, 1.807) is 30.2 Å². The quantitative estimate of drug-likeness (QED) is 0.791. The van der Waals surface area contributed by atoms with E-state index in [1.165, 1.54) is 24.0 Å². The molecule has 0 aliphatic heterocycles. The third-order valence-electron chi connectivity index (χ3n) is 3.28. The van der Waals surface area contributed by atoms with Crippen LogP contribution in [0.4, 0.5) is 0 Å². The van der Waals surface area contributed by atoms with Gasteiger partial charge in [-0.2, -0.15) is 0 Å². The number of thiazole rings is 1. The molecule has 2 aromatic rings. The highest BCUT2D eigenvalue weighted by Gasteiger charge is 2.20. The lowest BCUT2D eigenvalue weighted by atomic mass is 10.1. The summed E-state index contributed by atoms with van der Waals surface area (Å²) in [7, 11) is 1.73. The monoisotopic (exact) mass is 306 g/mol. The van der Waals surface area contributed by atoms with Crippen LogP contribution < -0.4 is 10.1 Å². The predicted molar refractivity (Wildman–Crippen MR) is 84.5 cm³/mol. The second kappa shape index (κ2) is 6.61. The first-order valence-electron chi connectivity index (χ1n) is 6.76. The molecule has 0 unspecified atom stereocenters. The van der Waals surface area contributed by atoms with Gasteiger partial charge >= 0.3 is 0 Å². The Morgan fingerprint density at radius 1 is 1.45 bits per heavy atom. The van der Waals surface area contributed by atoms with Gasteiger partial charge in [0.25, 0.3) is 0 Å². The van der Waals surface area contributed by atoms with Gasteiger partial charge in [0.1, 0.15) is 10.1 Å². The van der Waals surface area contributed by atoms with Crippen LogP contribution in [0, 0.1) is 0 Å². The molecular weight excluding hydrogens is 288 g/mol. The summed E-state index contributed by atoms with van der Waals surface area (Å²) in [6, 6.07) is 7.20. The van der Waals surface area contributed by atoms with Gasteiger partial charge in [0.2, 0.25) is 0 Å². The first-order chi connectivity index (χ1) is 9.85. The highest BCUT2D eigenvalue weighted by atomic mass is 32.2. The first-order valence-corrected chi connectivity index (χ1v) is 8.63. The van der Waals surface area contributed by atoms with E-state index in [2.05, 4.69) is 28.5 Å². The zero-order chi connectivity index (χ0) is 13.8. The Morgan fingerprint density at radius 3 is 3.05 bits per heavy atom. The van der Waals surface area contributed by atoms with Crippen LogP contribution in [0.1, 0.15) is 24.0 Å². The molecule has 1 N–H and O–H groups in total. The van der Waals surface area contributed by atoms with Crippen LogP contribution in [-0.2, 0) is 12.3 Å². The fraction of sp³-hybridized carbons (Fsp3) is 0.400. The van der Waals surface area contributed by atoms with Crippen LogP contribution in [0.25, 0.3) is 0 Å². The summed E-state index contributed by atoms with van der Waals surface area (Å²) in [6.45, 7) is 0.948. The molecule has 1 aromatic carbocycles. The maximum atomic E-state index is 5.46. The molecule has 0 radical (unpaired) electrons. The third-order valence-corrected chi connectivity index (χ3v) is 5.29. The maximum absolute atomic E-state index is 5.46. The van der Waals surface area contributed by atoms with Gasteiger partial charge in [0.05, 0.1) is 7.11 Å². The summed E-state index contributed by atoms with van der Waals surface area (Å²) in [5.41, 5.74) is 2.57. The highest BCUT2D eigenvalue weighted by molar-refractivity contribution is 8.00. The van der Waals surface area contributed by atoms with Crippen LogP contribution in [-0.4, -0.2) is 18.1 Å². The number of benzene rings is 1. The summed E-state index contributed by atoms with van der Waals surface area (Å²) in [5.74, 6) is 1.86. The minimum absolute atomic E-state index is 0.741. The molecule has 5 heteroatoms. The highest BCUT2D eigenvalue weighted by Crippen LogP contribution is 2.30. The molecule has 0 atom stereocenters. The Kier molecular flexibility index (Phi) is 4.60. The standard InChI is InChI=1S/C15H18N2OS2/c1-18-14-5-2-11(9-17-13-3-4-13)8-12(14)10-20-15-16-6-7-19-15/h2,5-8,13,17H,3-4,9-10H2,1H3. The van der Waals surface area contributed by atoms with Crippen molar-refractivity contribution in [2.24, 2.45) is 0 Å². The fourth-order valence-electron chi connectivity index (χ4n) is 2.03. The van der Waals surface area contributed by atoms with Gasteiger partial charge < -0.3 is 10.1 Å². The Bertz CT molecular complexity index is 553. The normalized spacial score (nSPS) is 14.4. The van der Waals surface area contributed by atoms with Gasteiger partial charge in [-0.1, -0.05) is 17.8 Å². The van der Waals surface area contributed by atoms with Crippen molar-refractivity contribution in [3.63, 3.8) is 0 Å². The topological polar surface area (TPSA) is 34.1 Å². The smallest absolute Gasteiger partial charge is 0.150 e. The number of nitrogens with zero attached hydrogens (tertiary/aromatic N) is 1. The minimum atomic E-state index is 0.741. The van der Waals surface area contributed by atoms with E-state index in [-0.39, 0.29) is 0 Å². The number of hydrogen-bond acceptors (Lipinski definition) is 5. The molecule has 1 aromatic heterocycles. The molecule has 3 rings (SSSR count). The van der Waals surface area contributed by atoms with E-state index in [1.807, 2.05) is 11.6 Å². The van der Waals surface area contributed by atoms with Gasteiger partial charge in [-0.05, 0) is 30.5 Å². The number of thioether (sulfide) groups is 1. The molecule has 1 heterocycles. The van der Waals surface area contributed by atoms with E-state index in [9.17, 15) is 0 Å². The average Bonchev–Trinajstić information content (AvgIpc) is 3.17. The molecule has 20 heavy (non-hydrogen) atoms. The molecule has 0 amide bonds. The van der Waals surface area contributed by atoms with E-state index >= 15 is 0 Å². The molecule has 1 aliphatic rings. The van der Waals surface area contributed by atoms with E-state index in [0.29, 0.717) is 0 Å². The van der Waals surface area contributed by atoms with Crippen molar-refractivity contribution in [2.75, 3.05) is 7.11 Å². The Labute approximate surface area is 127 Å². The zero-order valence-electron chi connectivity index (χ0n) is 11.5. The van der Waals surface area contributed by atoms with Crippen molar-refractivity contribution in [3.05, 3.63) is 40.9 Å². The largest absolute Gasteiger partial charge is 0.496 e. The summed E-state index contributed by atoms with van der Waals surface area (Å²) in [5, 5.41) is 5.56. The van der Waals surface area contributed by atoms with Crippen LogP contribution in [0.5, 0.6) is 5.75 Å². The molecule has 0 spiro atoms. The van der Waals surface area contributed by atoms with Crippen molar-refractivity contribution in [1.29, 1.82) is 0 Å². The molecule has 3 nitrogen and oxygen atoms in total. The first kappa shape index (κ1) is 13.9. The van der Waals surface area contributed by atoms with E-state index in [4.69, 9.17) is 4.74 Å². The summed E-state index contributed by atoms with van der Waals surface area (Å²) >= 11 is 3.44. The molecule has 0 bridgehead atoms. The summed E-state index contributed by atoms with van der Waals surface area (Å²) in [4.78, 5) is 4.31. The van der Waals surface area contributed by atoms with Crippen molar-refractivity contribution >= 4 is 23.1 Å². The molecule has 0 saturated heterocycles. The van der Waals surface area contributed by atoms with Crippen molar-refractivity contribution in [3.8, 4) is 5.75 Å². The second-order valence-electron chi connectivity index (χ2n) is 4.89. The van der Waals surface area contributed by atoms with Gasteiger partial charge in [-0.3, -0.25) is 0 Å². The molecule has 1 saturated carbocycles. The zero-order valence-corrected chi connectivity index (χ0v) is 13.1. The van der Waals surface area contributed by atoms with Crippen LogP contribution in [0.3, 0.4) is 0 Å². The van der Waals surface area contributed by atoms with Gasteiger partial charge in [0, 0.05) is 35.5 Å². The number of rotatable bonds is 7. The van der Waals surface area contributed by atoms with Crippen LogP contribution >= 0.6 is 23.1 Å². The second-order valence-corrected chi connectivity index (χ2v) is 7.01. The number of ether oxygens (including phenoxy) is 1. The lowest BCUT2D eigenvalue weighted by Crippen LogP contribution is -2.15. The third kappa shape index (κ3) is 3.75. The Balaban J connectivity index is 1.66.